The molecule has 18 heavy (non-hydrogen) atoms. The van der Waals surface area contributed by atoms with Crippen LogP contribution in [-0.4, -0.2) is 23.0 Å². The average molecular weight is 247 g/mol. The van der Waals surface area contributed by atoms with Gasteiger partial charge in [-0.1, -0.05) is 0 Å². The first kappa shape index (κ1) is 12.3. The van der Waals surface area contributed by atoms with Gasteiger partial charge in [-0.3, -0.25) is 15.1 Å². The van der Waals surface area contributed by atoms with Gasteiger partial charge in [0.05, 0.1) is 22.5 Å². The summed E-state index contributed by atoms with van der Waals surface area (Å²) in [5.74, 6) is 0. The summed E-state index contributed by atoms with van der Waals surface area (Å²) in [6.07, 6.45) is 2.59. The molecule has 94 valence electrons. The molecular weight excluding hydrogens is 232 g/mol. The first-order valence-electron chi connectivity index (χ1n) is 5.79. The second-order valence-electron chi connectivity index (χ2n) is 3.92. The third kappa shape index (κ3) is 2.38. The molecule has 0 amide bonds. The van der Waals surface area contributed by atoms with Crippen LogP contribution in [0.25, 0.3) is 10.9 Å². The lowest BCUT2D eigenvalue weighted by Gasteiger charge is -2.08. The van der Waals surface area contributed by atoms with E-state index in [4.69, 9.17) is 0 Å². The van der Waals surface area contributed by atoms with Crippen molar-refractivity contribution in [1.29, 1.82) is 0 Å². The van der Waals surface area contributed by atoms with Gasteiger partial charge >= 0.3 is 0 Å². The fourth-order valence-electron chi connectivity index (χ4n) is 1.81. The predicted molar refractivity (Wildman–Crippen MR) is 69.3 cm³/mol. The Morgan fingerprint density at radius 3 is 2.94 bits per heavy atom. The van der Waals surface area contributed by atoms with Gasteiger partial charge in [0.25, 0.3) is 5.69 Å². The van der Waals surface area contributed by atoms with Crippen molar-refractivity contribution in [2.24, 2.45) is 0 Å². The van der Waals surface area contributed by atoms with Crippen molar-refractivity contribution in [3.63, 3.8) is 0 Å². The van der Waals surface area contributed by atoms with E-state index in [1.165, 1.54) is 6.07 Å². The highest BCUT2D eigenvalue weighted by Gasteiger charge is 2.14. The topological polar surface area (TPSA) is 95.7 Å². The minimum atomic E-state index is -0.385. The summed E-state index contributed by atoms with van der Waals surface area (Å²) in [5, 5.41) is 14.7. The summed E-state index contributed by atoms with van der Waals surface area (Å²) < 4.78 is 0. The van der Waals surface area contributed by atoms with Crippen LogP contribution in [0.4, 0.5) is 11.4 Å². The Balaban J connectivity index is 2.44. The van der Waals surface area contributed by atoms with E-state index in [0.29, 0.717) is 10.9 Å². The standard InChI is InChI=1S/C12H14N4O2/c13-6-2-8-14-10-4-5-11(16(17)18)9-3-1-7-15-12(9)10/h1,3-5,7,14H,2,6,8,13H2/p+1. The van der Waals surface area contributed by atoms with Gasteiger partial charge < -0.3 is 11.1 Å². The number of anilines is 1. The van der Waals surface area contributed by atoms with E-state index < -0.39 is 0 Å². The molecule has 4 N–H and O–H groups in total. The second-order valence-corrected chi connectivity index (χ2v) is 3.92. The molecule has 2 aromatic rings. The largest absolute Gasteiger partial charge is 0.383 e. The Bertz CT molecular complexity index is 571. The van der Waals surface area contributed by atoms with Gasteiger partial charge in [-0.15, -0.1) is 0 Å². The molecule has 0 bridgehead atoms. The van der Waals surface area contributed by atoms with Crippen molar-refractivity contribution in [2.45, 2.75) is 6.42 Å². The van der Waals surface area contributed by atoms with Crippen molar-refractivity contribution in [3.8, 4) is 0 Å². The van der Waals surface area contributed by atoms with E-state index >= 15 is 0 Å². The normalized spacial score (nSPS) is 10.5. The zero-order valence-electron chi connectivity index (χ0n) is 9.93. The van der Waals surface area contributed by atoms with E-state index in [-0.39, 0.29) is 10.6 Å². The number of rotatable bonds is 5. The lowest BCUT2D eigenvalue weighted by Crippen LogP contribution is -2.50. The molecule has 0 unspecified atom stereocenters. The Kier molecular flexibility index (Phi) is 3.69. The zero-order chi connectivity index (χ0) is 13.0. The first-order valence-corrected chi connectivity index (χ1v) is 5.79. The van der Waals surface area contributed by atoms with Gasteiger partial charge in [-0.25, -0.2) is 0 Å². The number of quaternary nitrogens is 1. The van der Waals surface area contributed by atoms with Gasteiger partial charge in [-0.05, 0) is 18.2 Å². The maximum absolute atomic E-state index is 10.9. The van der Waals surface area contributed by atoms with E-state index in [1.54, 1.807) is 24.4 Å². The maximum atomic E-state index is 10.9. The van der Waals surface area contributed by atoms with Gasteiger partial charge in [-0.2, -0.15) is 0 Å². The number of nitrogens with one attached hydrogen (secondary N) is 1. The molecule has 6 heteroatoms. The minimum absolute atomic E-state index is 0.0841. The number of fused-ring (bicyclic) bond motifs is 1. The van der Waals surface area contributed by atoms with Gasteiger partial charge in [0, 0.05) is 25.2 Å². The van der Waals surface area contributed by atoms with E-state index in [1.807, 2.05) is 0 Å². The summed E-state index contributed by atoms with van der Waals surface area (Å²) in [6.45, 7) is 1.64. The molecule has 1 aromatic carbocycles. The second kappa shape index (κ2) is 5.42. The summed E-state index contributed by atoms with van der Waals surface area (Å²) in [6, 6.07) is 6.63. The Hall–Kier alpha value is -2.21. The summed E-state index contributed by atoms with van der Waals surface area (Å²) in [5.41, 5.74) is 5.31. The molecule has 0 radical (unpaired) electrons. The Morgan fingerprint density at radius 2 is 2.22 bits per heavy atom. The number of benzene rings is 1. The van der Waals surface area contributed by atoms with Crippen LogP contribution in [0.15, 0.2) is 30.5 Å². The van der Waals surface area contributed by atoms with Gasteiger partial charge in [0.2, 0.25) is 0 Å². The van der Waals surface area contributed by atoms with E-state index in [9.17, 15) is 10.1 Å². The molecule has 0 saturated carbocycles. The lowest BCUT2D eigenvalue weighted by atomic mass is 10.1. The molecule has 0 aliphatic heterocycles. The predicted octanol–water partition coefficient (Wildman–Crippen LogP) is 1.19. The van der Waals surface area contributed by atoms with Crippen LogP contribution in [0.1, 0.15) is 6.42 Å². The highest BCUT2D eigenvalue weighted by atomic mass is 16.6. The van der Waals surface area contributed by atoms with Crippen LogP contribution in [0.5, 0.6) is 0 Å². The van der Waals surface area contributed by atoms with Crippen LogP contribution in [-0.2, 0) is 0 Å². The van der Waals surface area contributed by atoms with Crippen LogP contribution < -0.4 is 11.1 Å². The zero-order valence-corrected chi connectivity index (χ0v) is 9.93. The monoisotopic (exact) mass is 247 g/mol. The molecule has 0 saturated heterocycles. The molecule has 2 rings (SSSR count). The molecule has 0 atom stereocenters. The third-order valence-corrected chi connectivity index (χ3v) is 2.69. The quantitative estimate of drug-likeness (QED) is 0.471. The van der Waals surface area contributed by atoms with Crippen LogP contribution >= 0.6 is 0 Å². The van der Waals surface area contributed by atoms with Crippen molar-refractivity contribution < 1.29 is 10.7 Å². The van der Waals surface area contributed by atoms with Crippen LogP contribution in [0.3, 0.4) is 0 Å². The van der Waals surface area contributed by atoms with Gasteiger partial charge in [0.15, 0.2) is 0 Å². The van der Waals surface area contributed by atoms with E-state index in [2.05, 4.69) is 16.0 Å². The van der Waals surface area contributed by atoms with Crippen molar-refractivity contribution >= 4 is 22.3 Å². The maximum Gasteiger partial charge on any atom is 0.278 e. The first-order chi connectivity index (χ1) is 8.74. The number of nitro benzene ring substituents is 1. The summed E-state index contributed by atoms with van der Waals surface area (Å²) in [7, 11) is 0. The molecule has 0 fully saturated rings. The van der Waals surface area contributed by atoms with Crippen molar-refractivity contribution in [2.75, 3.05) is 18.4 Å². The molecule has 0 aliphatic carbocycles. The van der Waals surface area contributed by atoms with Crippen LogP contribution in [0.2, 0.25) is 0 Å². The summed E-state index contributed by atoms with van der Waals surface area (Å²) in [4.78, 5) is 14.8. The fourth-order valence-corrected chi connectivity index (χ4v) is 1.81. The van der Waals surface area contributed by atoms with Crippen LogP contribution in [0, 0.1) is 10.1 Å². The third-order valence-electron chi connectivity index (χ3n) is 2.69. The van der Waals surface area contributed by atoms with E-state index in [0.717, 1.165) is 25.2 Å². The highest BCUT2D eigenvalue weighted by molar-refractivity contribution is 5.96. The Morgan fingerprint density at radius 1 is 1.39 bits per heavy atom. The molecule has 0 spiro atoms. The SMILES string of the molecule is [NH3+]CCCNc1ccc([N+](=O)[O-])c2cccnc12. The number of nitro groups is 1. The molecule has 1 heterocycles. The van der Waals surface area contributed by atoms with Crippen molar-refractivity contribution in [3.05, 3.63) is 40.6 Å². The number of hydrogen-bond acceptors (Lipinski definition) is 4. The molecule has 0 aliphatic rings. The average Bonchev–Trinajstić information content (AvgIpc) is 2.38. The lowest BCUT2D eigenvalue weighted by molar-refractivity contribution is -0.383. The number of hydrogen-bond donors (Lipinski definition) is 2. The number of aromatic nitrogens is 1. The molecular formula is C12H15N4O2+. The number of non-ortho nitro benzene ring substituents is 1. The number of nitrogens with zero attached hydrogens (tertiary/aromatic N) is 2. The smallest absolute Gasteiger partial charge is 0.278 e. The minimum Gasteiger partial charge on any atom is -0.383 e. The summed E-state index contributed by atoms with van der Waals surface area (Å²) >= 11 is 0. The fraction of sp³-hybridized carbons (Fsp3) is 0.250. The van der Waals surface area contributed by atoms with Gasteiger partial charge in [0.1, 0.15) is 5.52 Å². The highest BCUT2D eigenvalue weighted by Crippen LogP contribution is 2.29. The molecule has 6 nitrogen and oxygen atoms in total. The molecule has 1 aromatic heterocycles. The van der Waals surface area contributed by atoms with Crippen molar-refractivity contribution in [1.82, 2.24) is 4.98 Å². The number of pyridine rings is 1. The Labute approximate surface area is 104 Å².